The van der Waals surface area contributed by atoms with Crippen LogP contribution in [0.25, 0.3) is 0 Å². The Bertz CT molecular complexity index is 1300. The fraction of sp³-hybridized carbons (Fsp3) is 0.382. The molecule has 9 heteroatoms. The molecule has 0 aliphatic heterocycles. The van der Waals surface area contributed by atoms with Crippen molar-refractivity contribution in [3.8, 4) is 11.5 Å². The Hall–Kier alpha value is -3.66. The predicted octanol–water partition coefficient (Wildman–Crippen LogP) is 5.68. The summed E-state index contributed by atoms with van der Waals surface area (Å²) in [7, 11) is 0. The third-order valence-corrected chi connectivity index (χ3v) is 8.90. The summed E-state index contributed by atoms with van der Waals surface area (Å²) in [6, 6.07) is 24.9. The Morgan fingerprint density at radius 2 is 1.56 bits per heavy atom. The van der Waals surface area contributed by atoms with Crippen LogP contribution in [0, 0.1) is 5.92 Å². The monoisotopic (exact) mass is 605 g/mol. The number of aliphatic hydroxyl groups is 2. The van der Waals surface area contributed by atoms with Crippen molar-refractivity contribution in [2.45, 2.75) is 62.4 Å². The molecule has 1 aliphatic carbocycles. The fourth-order valence-electron chi connectivity index (χ4n) is 5.03. The Morgan fingerprint density at radius 1 is 0.884 bits per heavy atom. The molecule has 3 aromatic rings. The number of hydrogen-bond donors (Lipinski definition) is 3. The van der Waals surface area contributed by atoms with Crippen molar-refractivity contribution in [1.29, 1.82) is 0 Å². The van der Waals surface area contributed by atoms with Gasteiger partial charge >= 0.3 is 5.97 Å². The second kappa shape index (κ2) is 16.8. The van der Waals surface area contributed by atoms with Gasteiger partial charge < -0.3 is 25.0 Å². The van der Waals surface area contributed by atoms with Gasteiger partial charge in [-0.25, -0.2) is 0 Å². The van der Waals surface area contributed by atoms with E-state index in [4.69, 9.17) is 9.47 Å². The molecule has 4 rings (SSSR count). The number of carbonyl (C=O) groups is 3. The summed E-state index contributed by atoms with van der Waals surface area (Å²) < 4.78 is 11.0. The molecule has 4 atom stereocenters. The number of para-hydroxylation sites is 1. The van der Waals surface area contributed by atoms with Crippen molar-refractivity contribution < 1.29 is 34.1 Å². The standard InChI is InChI=1S/C34H39NO7S/c36-26(22-41-27-13-7-4-8-14-27)23-43-33-29(30(37)21-31(33)38)15-9-1-2-10-16-32(39)42-28-19-17-25(18-20-28)35-34(40)24-11-5-3-6-12-24/h3-8,11-14,17-20,26,29,31,33,36,38H,1-2,9-10,15-16,21-23H2,(H,35,40)/t26?,29-,31+,33+/m0/s1. The molecule has 1 saturated carbocycles. The highest BCUT2D eigenvalue weighted by atomic mass is 32.2. The number of Topliss-reactive ketones (excluding diaryl/α,β-unsaturated/α-hetero) is 1. The third kappa shape index (κ3) is 10.5. The molecule has 0 radical (unpaired) electrons. The molecular formula is C34H39NO7S. The van der Waals surface area contributed by atoms with E-state index < -0.39 is 12.2 Å². The maximum Gasteiger partial charge on any atom is 0.311 e. The fourth-order valence-corrected chi connectivity index (χ4v) is 6.40. The van der Waals surface area contributed by atoms with Gasteiger partial charge in [0.15, 0.2) is 0 Å². The number of esters is 1. The number of benzene rings is 3. The molecule has 1 amide bonds. The maximum atomic E-state index is 12.5. The largest absolute Gasteiger partial charge is 0.491 e. The van der Waals surface area contributed by atoms with Crippen LogP contribution in [0.2, 0.25) is 0 Å². The lowest BCUT2D eigenvalue weighted by Crippen LogP contribution is -2.28. The number of aliphatic hydroxyl groups excluding tert-OH is 2. The topological polar surface area (TPSA) is 122 Å². The van der Waals surface area contributed by atoms with Crippen molar-refractivity contribution in [2.24, 2.45) is 5.92 Å². The number of carbonyl (C=O) groups excluding carboxylic acids is 3. The van der Waals surface area contributed by atoms with Gasteiger partial charge in [-0.05, 0) is 61.4 Å². The molecule has 1 unspecified atom stereocenters. The average Bonchev–Trinajstić information content (AvgIpc) is 3.29. The van der Waals surface area contributed by atoms with Crippen molar-refractivity contribution in [3.05, 3.63) is 90.5 Å². The summed E-state index contributed by atoms with van der Waals surface area (Å²) in [4.78, 5) is 37.1. The number of ketones is 1. The van der Waals surface area contributed by atoms with Gasteiger partial charge in [0.05, 0.1) is 12.2 Å². The maximum absolute atomic E-state index is 12.5. The summed E-state index contributed by atoms with van der Waals surface area (Å²) in [6.45, 7) is 0.152. The van der Waals surface area contributed by atoms with E-state index in [9.17, 15) is 24.6 Å². The number of rotatable bonds is 16. The Kier molecular flexibility index (Phi) is 12.6. The molecule has 0 bridgehead atoms. The van der Waals surface area contributed by atoms with Crippen molar-refractivity contribution in [1.82, 2.24) is 0 Å². The Labute approximate surface area is 256 Å². The van der Waals surface area contributed by atoms with Crippen LogP contribution in [0.4, 0.5) is 5.69 Å². The quantitative estimate of drug-likeness (QED) is 0.108. The van der Waals surface area contributed by atoms with Gasteiger partial charge in [0.1, 0.15) is 23.9 Å². The number of anilines is 1. The molecule has 0 spiro atoms. The highest BCUT2D eigenvalue weighted by Crippen LogP contribution is 2.36. The molecule has 0 aromatic heterocycles. The van der Waals surface area contributed by atoms with Gasteiger partial charge in [0.25, 0.3) is 5.91 Å². The molecule has 228 valence electrons. The van der Waals surface area contributed by atoms with Crippen molar-refractivity contribution >= 4 is 35.1 Å². The van der Waals surface area contributed by atoms with Gasteiger partial charge in [-0.2, -0.15) is 11.8 Å². The van der Waals surface area contributed by atoms with E-state index in [1.165, 1.54) is 11.8 Å². The number of nitrogens with one attached hydrogen (secondary N) is 1. The number of thioether (sulfide) groups is 1. The zero-order valence-corrected chi connectivity index (χ0v) is 24.9. The number of ether oxygens (including phenoxy) is 2. The van der Waals surface area contributed by atoms with E-state index in [1.807, 2.05) is 36.4 Å². The van der Waals surface area contributed by atoms with Gasteiger partial charge in [-0.15, -0.1) is 0 Å². The predicted molar refractivity (Wildman–Crippen MR) is 167 cm³/mol. The number of hydrogen-bond acceptors (Lipinski definition) is 8. The average molecular weight is 606 g/mol. The summed E-state index contributed by atoms with van der Waals surface area (Å²) in [5.74, 6) is 0.806. The number of unbranched alkanes of at least 4 members (excludes halogenated alkanes) is 3. The molecule has 0 heterocycles. The summed E-state index contributed by atoms with van der Waals surface area (Å²) in [5, 5.41) is 23.4. The van der Waals surface area contributed by atoms with Gasteiger partial charge in [0, 0.05) is 41.0 Å². The van der Waals surface area contributed by atoms with Crippen LogP contribution < -0.4 is 14.8 Å². The SMILES string of the molecule is O=C(CCCCCC[C@H]1C(=O)C[C@@H](O)[C@@H]1SCC(O)COc1ccccc1)Oc1ccc(NC(=O)c2ccccc2)cc1. The molecule has 0 saturated heterocycles. The van der Waals surface area contributed by atoms with E-state index in [2.05, 4.69) is 5.32 Å². The van der Waals surface area contributed by atoms with Crippen LogP contribution in [0.3, 0.4) is 0 Å². The van der Waals surface area contributed by atoms with Crippen LogP contribution in [0.15, 0.2) is 84.9 Å². The normalized spacial score (nSPS) is 18.7. The molecular weight excluding hydrogens is 566 g/mol. The van der Waals surface area contributed by atoms with E-state index in [0.29, 0.717) is 41.3 Å². The van der Waals surface area contributed by atoms with E-state index in [1.54, 1.807) is 48.5 Å². The lowest BCUT2D eigenvalue weighted by atomic mass is 9.98. The van der Waals surface area contributed by atoms with Crippen molar-refractivity contribution in [3.63, 3.8) is 0 Å². The first kappa shape index (κ1) is 32.3. The summed E-state index contributed by atoms with van der Waals surface area (Å²) in [6.07, 6.45) is 2.93. The molecule has 1 aliphatic rings. The van der Waals surface area contributed by atoms with Crippen LogP contribution in [0.1, 0.15) is 55.3 Å². The molecule has 3 aromatic carbocycles. The van der Waals surface area contributed by atoms with Crippen LogP contribution >= 0.6 is 11.8 Å². The summed E-state index contributed by atoms with van der Waals surface area (Å²) in [5.41, 5.74) is 1.17. The van der Waals surface area contributed by atoms with E-state index in [-0.39, 0.29) is 48.3 Å². The molecule has 3 N–H and O–H groups in total. The van der Waals surface area contributed by atoms with Gasteiger partial charge in [-0.3, -0.25) is 14.4 Å². The van der Waals surface area contributed by atoms with Gasteiger partial charge in [-0.1, -0.05) is 55.7 Å². The molecule has 8 nitrogen and oxygen atoms in total. The minimum absolute atomic E-state index is 0.0780. The van der Waals surface area contributed by atoms with Gasteiger partial charge in [0.2, 0.25) is 0 Å². The van der Waals surface area contributed by atoms with Crippen LogP contribution in [0.5, 0.6) is 11.5 Å². The second-order valence-electron chi connectivity index (χ2n) is 10.7. The highest BCUT2D eigenvalue weighted by molar-refractivity contribution is 8.00. The van der Waals surface area contributed by atoms with Crippen molar-refractivity contribution in [2.75, 3.05) is 17.7 Å². The highest BCUT2D eigenvalue weighted by Gasteiger charge is 2.41. The molecule has 1 fully saturated rings. The first-order valence-corrected chi connectivity index (χ1v) is 15.8. The zero-order valence-electron chi connectivity index (χ0n) is 24.1. The van der Waals surface area contributed by atoms with E-state index >= 15 is 0 Å². The zero-order chi connectivity index (χ0) is 30.4. The lowest BCUT2D eigenvalue weighted by molar-refractivity contribution is -0.134. The van der Waals surface area contributed by atoms with Crippen LogP contribution in [-0.4, -0.2) is 57.7 Å². The minimum atomic E-state index is -0.702. The van der Waals surface area contributed by atoms with Crippen LogP contribution in [-0.2, 0) is 9.59 Å². The lowest BCUT2D eigenvalue weighted by Gasteiger charge is -2.22. The Morgan fingerprint density at radius 3 is 2.28 bits per heavy atom. The summed E-state index contributed by atoms with van der Waals surface area (Å²) >= 11 is 1.44. The van der Waals surface area contributed by atoms with E-state index in [0.717, 1.165) is 19.3 Å². The minimum Gasteiger partial charge on any atom is -0.491 e. The number of amides is 1. The first-order valence-electron chi connectivity index (χ1n) is 14.7. The molecule has 43 heavy (non-hydrogen) atoms. The Balaban J connectivity index is 1.09. The third-order valence-electron chi connectivity index (χ3n) is 7.29. The smallest absolute Gasteiger partial charge is 0.311 e. The second-order valence-corrected chi connectivity index (χ2v) is 11.9. The first-order chi connectivity index (χ1) is 20.9.